The zero-order valence-electron chi connectivity index (χ0n) is 44.8. The maximum absolute atomic E-state index is 10.3. The molecule has 0 aliphatic carbocycles. The fourth-order valence-corrected chi connectivity index (χ4v) is 8.43. The summed E-state index contributed by atoms with van der Waals surface area (Å²) in [5.74, 6) is 7.73. The smallest absolute Gasteiger partial charge is 0.198 e. The Hall–Kier alpha value is -3.90. The van der Waals surface area contributed by atoms with Crippen LogP contribution in [0.5, 0.6) is 23.0 Å². The Morgan fingerprint density at radius 3 is 1.24 bits per heavy atom. The number of hydrogen-bond acceptors (Lipinski definition) is 5. The lowest BCUT2D eigenvalue weighted by atomic mass is 9.97. The molecule has 66 heavy (non-hydrogen) atoms. The summed E-state index contributed by atoms with van der Waals surface area (Å²) in [6.07, 6.45) is 22.1. The van der Waals surface area contributed by atoms with E-state index in [2.05, 4.69) is 113 Å². The highest BCUT2D eigenvalue weighted by atomic mass is 16.5. The highest BCUT2D eigenvalue weighted by Crippen LogP contribution is 2.40. The molecule has 6 nitrogen and oxygen atoms in total. The zero-order valence-corrected chi connectivity index (χ0v) is 44.8. The minimum atomic E-state index is 0.424. The molecule has 370 valence electrons. The van der Waals surface area contributed by atoms with Crippen LogP contribution >= 0.6 is 0 Å². The number of nitriles is 1. The summed E-state index contributed by atoms with van der Waals surface area (Å²) in [6.45, 7) is 42.5. The third-order valence-electron chi connectivity index (χ3n) is 13.2. The van der Waals surface area contributed by atoms with Gasteiger partial charge in [0.25, 0.3) is 0 Å². The Morgan fingerprint density at radius 2 is 0.879 bits per heavy atom. The third kappa shape index (κ3) is 23.7. The quantitative estimate of drug-likeness (QED) is 0.0392. The topological polar surface area (TPSA) is 65.1 Å². The number of nitrogens with zero attached hydrogens (tertiary/aromatic N) is 2. The van der Waals surface area contributed by atoms with Gasteiger partial charge in [0.2, 0.25) is 0 Å². The molecule has 0 amide bonds. The second-order valence-corrected chi connectivity index (χ2v) is 21.7. The van der Waals surface area contributed by atoms with Crippen LogP contribution in [-0.4, -0.2) is 26.4 Å². The summed E-state index contributed by atoms with van der Waals surface area (Å²) in [7, 11) is 0. The molecule has 0 heterocycles. The van der Waals surface area contributed by atoms with E-state index in [1.807, 2.05) is 31.2 Å². The molecule has 2 rings (SSSR count). The Bertz CT molecular complexity index is 1810. The van der Waals surface area contributed by atoms with Gasteiger partial charge >= 0.3 is 0 Å². The van der Waals surface area contributed by atoms with Crippen LogP contribution in [0, 0.1) is 72.2 Å². The number of hydrogen-bond donors (Lipinski definition) is 0. The van der Waals surface area contributed by atoms with Crippen molar-refractivity contribution in [3.05, 3.63) is 64.0 Å². The van der Waals surface area contributed by atoms with Crippen LogP contribution in [0.4, 0.5) is 0 Å². The first-order valence-electron chi connectivity index (χ1n) is 26.5. The Kier molecular flexibility index (Phi) is 28.9. The van der Waals surface area contributed by atoms with Gasteiger partial charge in [-0.25, -0.2) is 4.85 Å². The zero-order chi connectivity index (χ0) is 49.0. The molecule has 0 radical (unpaired) electrons. The second-order valence-electron chi connectivity index (χ2n) is 21.7. The van der Waals surface area contributed by atoms with E-state index >= 15 is 0 Å². The van der Waals surface area contributed by atoms with Gasteiger partial charge < -0.3 is 18.9 Å². The molecule has 0 aliphatic heterocycles. The predicted molar refractivity (Wildman–Crippen MR) is 283 cm³/mol. The summed E-state index contributed by atoms with van der Waals surface area (Å²) in [5, 5.41) is 10.3. The van der Waals surface area contributed by atoms with Gasteiger partial charge in [-0.1, -0.05) is 166 Å². The molecule has 0 saturated carbocycles. The molecule has 0 N–H and O–H groups in total. The van der Waals surface area contributed by atoms with Crippen molar-refractivity contribution in [3.8, 4) is 29.1 Å². The molecule has 0 spiro atoms. The van der Waals surface area contributed by atoms with E-state index in [0.29, 0.717) is 102 Å². The van der Waals surface area contributed by atoms with Gasteiger partial charge in [-0.05, 0) is 123 Å². The lowest BCUT2D eigenvalue weighted by molar-refractivity contribution is 0.267. The monoisotopic (exact) mass is 909 g/mol. The van der Waals surface area contributed by atoms with Crippen LogP contribution in [0.3, 0.4) is 0 Å². The minimum Gasteiger partial charge on any atom is -0.494 e. The van der Waals surface area contributed by atoms with Crippen molar-refractivity contribution in [1.29, 1.82) is 5.26 Å². The average Bonchev–Trinajstić information content (AvgIpc) is 3.24. The molecular weight excluding hydrogens is 813 g/mol. The maximum atomic E-state index is 10.3. The SMILES string of the molecule is [C-]#[N+]/C(=C\c1cc(OCCC(C)CCCC(C)C)c(C)cc1OCCC(C)CCCC(C)C)c1cc(OCCC(C)CCCC(C)C)c(/C(C#N)=C/C)cc1OCCC(C)CCCC(C)C. The molecule has 4 unspecified atom stereocenters. The summed E-state index contributed by atoms with van der Waals surface area (Å²) in [5.41, 5.74) is 4.11. The van der Waals surface area contributed by atoms with Crippen molar-refractivity contribution in [2.45, 2.75) is 200 Å². The molecule has 2 aromatic carbocycles. The van der Waals surface area contributed by atoms with Gasteiger partial charge in [0, 0.05) is 16.7 Å². The van der Waals surface area contributed by atoms with Gasteiger partial charge in [-0.3, -0.25) is 0 Å². The summed E-state index contributed by atoms with van der Waals surface area (Å²) < 4.78 is 26.5. The average molecular weight is 909 g/mol. The summed E-state index contributed by atoms with van der Waals surface area (Å²) in [6, 6.07) is 10.4. The minimum absolute atomic E-state index is 0.424. The molecule has 6 heteroatoms. The van der Waals surface area contributed by atoms with Crippen molar-refractivity contribution in [3.63, 3.8) is 0 Å². The first-order chi connectivity index (χ1) is 31.5. The van der Waals surface area contributed by atoms with Crippen LogP contribution < -0.4 is 18.9 Å². The number of ether oxygens (including phenoxy) is 4. The molecule has 0 saturated heterocycles. The first-order valence-corrected chi connectivity index (χ1v) is 26.5. The van der Waals surface area contributed by atoms with Gasteiger partial charge in [0.1, 0.15) is 23.0 Å². The number of benzene rings is 2. The Balaban J connectivity index is 2.67. The van der Waals surface area contributed by atoms with E-state index in [-0.39, 0.29) is 0 Å². The van der Waals surface area contributed by atoms with Gasteiger partial charge in [-0.15, -0.1) is 0 Å². The largest absolute Gasteiger partial charge is 0.494 e. The van der Waals surface area contributed by atoms with Crippen molar-refractivity contribution >= 4 is 17.3 Å². The van der Waals surface area contributed by atoms with Crippen molar-refractivity contribution in [2.75, 3.05) is 26.4 Å². The standard InChI is InChI=1S/C60H96N2O4/c1-16-52(42-61)54-40-60(66-36-32-50(13)28-20-24-46(8)9)55(41-59(54)65-35-31-49(12)27-19-23-45(6)7)56(62-15)38-53-39-57(63-33-29-47(10)25-17-21-43(2)3)51(14)37-58(53)64-34-30-48(11)26-18-22-44(4)5/h16,37-41,43-50H,17-36H2,1-14H3/b52-16+,56-38-. The van der Waals surface area contributed by atoms with Crippen LogP contribution in [0.25, 0.3) is 22.2 Å². The van der Waals surface area contributed by atoms with Crippen LogP contribution in [0.2, 0.25) is 0 Å². The number of rotatable bonds is 35. The van der Waals surface area contributed by atoms with E-state index in [9.17, 15) is 5.26 Å². The maximum Gasteiger partial charge on any atom is 0.198 e. The van der Waals surface area contributed by atoms with Crippen molar-refractivity contribution < 1.29 is 18.9 Å². The Morgan fingerprint density at radius 1 is 0.515 bits per heavy atom. The lowest BCUT2D eigenvalue weighted by Gasteiger charge is -2.20. The summed E-state index contributed by atoms with van der Waals surface area (Å²) in [4.78, 5) is 4.20. The fraction of sp³-hybridized carbons (Fsp3) is 0.700. The molecule has 0 fully saturated rings. The van der Waals surface area contributed by atoms with E-state index in [1.165, 1.54) is 64.2 Å². The van der Waals surface area contributed by atoms with Gasteiger partial charge in [0.05, 0.1) is 44.6 Å². The van der Waals surface area contributed by atoms with E-state index in [0.717, 1.165) is 67.1 Å². The highest BCUT2D eigenvalue weighted by molar-refractivity contribution is 5.91. The van der Waals surface area contributed by atoms with Crippen LogP contribution in [0.1, 0.15) is 215 Å². The van der Waals surface area contributed by atoms with E-state index < -0.39 is 0 Å². The molecule has 2 aromatic rings. The van der Waals surface area contributed by atoms with Crippen molar-refractivity contribution in [2.24, 2.45) is 47.3 Å². The van der Waals surface area contributed by atoms with Crippen LogP contribution in [-0.2, 0) is 0 Å². The number of aryl methyl sites for hydroxylation is 1. The third-order valence-corrected chi connectivity index (χ3v) is 13.2. The number of allylic oxidation sites excluding steroid dienone is 2. The molecule has 0 aromatic heterocycles. The Labute approximate surface area is 406 Å². The second kappa shape index (κ2) is 32.7. The molecule has 4 atom stereocenters. The van der Waals surface area contributed by atoms with Gasteiger partial charge in [-0.2, -0.15) is 5.26 Å². The van der Waals surface area contributed by atoms with E-state index in [1.54, 1.807) is 0 Å². The predicted octanol–water partition coefficient (Wildman–Crippen LogP) is 18.3. The van der Waals surface area contributed by atoms with Crippen molar-refractivity contribution in [1.82, 2.24) is 0 Å². The fourth-order valence-electron chi connectivity index (χ4n) is 8.43. The lowest BCUT2D eigenvalue weighted by Crippen LogP contribution is -2.09. The molecular formula is C60H96N2O4. The molecule has 0 aliphatic rings. The first kappa shape index (κ1) is 58.2. The van der Waals surface area contributed by atoms with Crippen LogP contribution in [0.15, 0.2) is 30.3 Å². The van der Waals surface area contributed by atoms with Gasteiger partial charge in [0.15, 0.2) is 5.70 Å². The summed E-state index contributed by atoms with van der Waals surface area (Å²) >= 11 is 0. The van der Waals surface area contributed by atoms with E-state index in [4.69, 9.17) is 25.5 Å². The highest BCUT2D eigenvalue weighted by Gasteiger charge is 2.21. The molecule has 0 bridgehead atoms. The normalized spacial score (nSPS) is 14.1.